The fraction of sp³-hybridized carbons (Fsp3) is 0.571. The number of rotatable bonds is 4. The minimum absolute atomic E-state index is 0.166. The summed E-state index contributed by atoms with van der Waals surface area (Å²) in [5.74, 6) is 0.471. The van der Waals surface area contributed by atoms with E-state index in [-0.39, 0.29) is 5.92 Å². The molecule has 3 nitrogen and oxygen atoms in total. The highest BCUT2D eigenvalue weighted by molar-refractivity contribution is 5.43. The SMILES string of the molecule is CCC(C)[C@H](O)[C@H](N)c1cc(C)c(O)c(C)c1. The Kier molecular flexibility index (Phi) is 4.54. The molecule has 0 aliphatic heterocycles. The maximum Gasteiger partial charge on any atom is 0.121 e. The lowest BCUT2D eigenvalue weighted by Gasteiger charge is -2.25. The zero-order valence-corrected chi connectivity index (χ0v) is 11.1. The molecule has 0 heterocycles. The molecule has 4 N–H and O–H groups in total. The van der Waals surface area contributed by atoms with Crippen molar-refractivity contribution < 1.29 is 10.2 Å². The van der Waals surface area contributed by atoms with Crippen LogP contribution >= 0.6 is 0 Å². The molecule has 0 amide bonds. The second-order valence-corrected chi connectivity index (χ2v) is 4.91. The van der Waals surface area contributed by atoms with E-state index in [0.29, 0.717) is 5.75 Å². The van der Waals surface area contributed by atoms with Crippen molar-refractivity contribution in [1.82, 2.24) is 0 Å². The van der Waals surface area contributed by atoms with Gasteiger partial charge in [0.15, 0.2) is 0 Å². The molecule has 0 aliphatic carbocycles. The molecule has 1 unspecified atom stereocenters. The van der Waals surface area contributed by atoms with Crippen molar-refractivity contribution in [3.8, 4) is 5.75 Å². The number of nitrogens with two attached hydrogens (primary N) is 1. The Labute approximate surface area is 103 Å². The topological polar surface area (TPSA) is 66.5 Å². The van der Waals surface area contributed by atoms with Crippen molar-refractivity contribution in [3.05, 3.63) is 28.8 Å². The summed E-state index contributed by atoms with van der Waals surface area (Å²) in [7, 11) is 0. The summed E-state index contributed by atoms with van der Waals surface area (Å²) in [6.45, 7) is 7.71. The van der Waals surface area contributed by atoms with Crippen LogP contribution in [0.25, 0.3) is 0 Å². The Balaban J connectivity index is 3.00. The van der Waals surface area contributed by atoms with Gasteiger partial charge in [-0.05, 0) is 36.5 Å². The monoisotopic (exact) mass is 237 g/mol. The van der Waals surface area contributed by atoms with E-state index in [0.717, 1.165) is 23.1 Å². The standard InChI is InChI=1S/C14H23NO2/c1-5-8(2)14(17)12(15)11-6-9(3)13(16)10(4)7-11/h6-8,12,14,16-17H,5,15H2,1-4H3/t8?,12-,14+/m1/s1. The van der Waals surface area contributed by atoms with Crippen LogP contribution in [0.5, 0.6) is 5.75 Å². The maximum atomic E-state index is 10.1. The Morgan fingerprint density at radius 3 is 2.12 bits per heavy atom. The van der Waals surface area contributed by atoms with Gasteiger partial charge < -0.3 is 15.9 Å². The van der Waals surface area contributed by atoms with Crippen LogP contribution in [0.4, 0.5) is 0 Å². The average Bonchev–Trinajstić information content (AvgIpc) is 2.32. The van der Waals surface area contributed by atoms with Crippen molar-refractivity contribution in [2.24, 2.45) is 11.7 Å². The Morgan fingerprint density at radius 2 is 1.71 bits per heavy atom. The van der Waals surface area contributed by atoms with Crippen molar-refractivity contribution in [2.45, 2.75) is 46.3 Å². The van der Waals surface area contributed by atoms with Crippen LogP contribution in [0, 0.1) is 19.8 Å². The first-order valence-corrected chi connectivity index (χ1v) is 6.12. The lowest BCUT2D eigenvalue weighted by molar-refractivity contribution is 0.0879. The molecular formula is C14H23NO2. The molecule has 0 bridgehead atoms. The van der Waals surface area contributed by atoms with E-state index in [4.69, 9.17) is 5.73 Å². The van der Waals surface area contributed by atoms with E-state index in [1.165, 1.54) is 0 Å². The Morgan fingerprint density at radius 1 is 1.24 bits per heavy atom. The minimum Gasteiger partial charge on any atom is -0.507 e. The normalized spacial score (nSPS) is 16.6. The Bertz CT molecular complexity index is 367. The van der Waals surface area contributed by atoms with Crippen LogP contribution in [0.3, 0.4) is 0 Å². The molecule has 3 atom stereocenters. The molecule has 0 fully saturated rings. The van der Waals surface area contributed by atoms with Gasteiger partial charge in [0.25, 0.3) is 0 Å². The van der Waals surface area contributed by atoms with Gasteiger partial charge >= 0.3 is 0 Å². The summed E-state index contributed by atoms with van der Waals surface area (Å²) in [4.78, 5) is 0. The highest BCUT2D eigenvalue weighted by Crippen LogP contribution is 2.28. The second-order valence-electron chi connectivity index (χ2n) is 4.91. The predicted molar refractivity (Wildman–Crippen MR) is 70.0 cm³/mol. The molecule has 96 valence electrons. The van der Waals surface area contributed by atoms with E-state index in [9.17, 15) is 10.2 Å². The van der Waals surface area contributed by atoms with Gasteiger partial charge in [-0.2, -0.15) is 0 Å². The van der Waals surface area contributed by atoms with Gasteiger partial charge in [-0.25, -0.2) is 0 Å². The smallest absolute Gasteiger partial charge is 0.121 e. The molecule has 0 saturated carbocycles. The Hall–Kier alpha value is -1.06. The van der Waals surface area contributed by atoms with Crippen LogP contribution in [0.2, 0.25) is 0 Å². The molecule has 3 heteroatoms. The number of aromatic hydroxyl groups is 1. The number of aryl methyl sites for hydroxylation is 2. The predicted octanol–water partition coefficient (Wildman–Crippen LogP) is 2.42. The second kappa shape index (κ2) is 5.52. The summed E-state index contributed by atoms with van der Waals surface area (Å²) < 4.78 is 0. The van der Waals surface area contributed by atoms with Gasteiger partial charge in [-0.1, -0.05) is 32.4 Å². The largest absolute Gasteiger partial charge is 0.507 e. The van der Waals surface area contributed by atoms with E-state index >= 15 is 0 Å². The van der Waals surface area contributed by atoms with Gasteiger partial charge in [0, 0.05) is 0 Å². The number of aliphatic hydroxyl groups excluding tert-OH is 1. The number of phenolic OH excluding ortho intramolecular Hbond substituents is 1. The third-order valence-corrected chi connectivity index (χ3v) is 3.49. The molecular weight excluding hydrogens is 214 g/mol. The van der Waals surface area contributed by atoms with Gasteiger partial charge in [0.1, 0.15) is 5.75 Å². The van der Waals surface area contributed by atoms with Crippen LogP contribution in [-0.4, -0.2) is 16.3 Å². The van der Waals surface area contributed by atoms with E-state index in [1.807, 2.05) is 39.8 Å². The van der Waals surface area contributed by atoms with Crippen molar-refractivity contribution >= 4 is 0 Å². The summed E-state index contributed by atoms with van der Waals surface area (Å²) in [6, 6.07) is 3.29. The van der Waals surface area contributed by atoms with Gasteiger partial charge in [0.05, 0.1) is 12.1 Å². The quantitative estimate of drug-likeness (QED) is 0.753. The first-order chi connectivity index (χ1) is 7.88. The zero-order chi connectivity index (χ0) is 13.2. The summed E-state index contributed by atoms with van der Waals surface area (Å²) >= 11 is 0. The van der Waals surface area contributed by atoms with Crippen LogP contribution in [-0.2, 0) is 0 Å². The maximum absolute atomic E-state index is 10.1. The number of phenols is 1. The van der Waals surface area contributed by atoms with Crippen molar-refractivity contribution in [1.29, 1.82) is 0 Å². The number of hydrogen-bond donors (Lipinski definition) is 3. The molecule has 0 aliphatic rings. The highest BCUT2D eigenvalue weighted by atomic mass is 16.3. The average molecular weight is 237 g/mol. The molecule has 0 saturated heterocycles. The third kappa shape index (κ3) is 2.99. The molecule has 1 aromatic rings. The summed E-state index contributed by atoms with van der Waals surface area (Å²) in [6.07, 6.45) is 0.341. The number of hydrogen-bond acceptors (Lipinski definition) is 3. The van der Waals surface area contributed by atoms with E-state index < -0.39 is 12.1 Å². The van der Waals surface area contributed by atoms with E-state index in [2.05, 4.69) is 0 Å². The molecule has 1 rings (SSSR count). The van der Waals surface area contributed by atoms with Crippen molar-refractivity contribution in [2.75, 3.05) is 0 Å². The minimum atomic E-state index is -0.552. The molecule has 0 spiro atoms. The van der Waals surface area contributed by atoms with E-state index in [1.54, 1.807) is 0 Å². The van der Waals surface area contributed by atoms with Gasteiger partial charge in [0.2, 0.25) is 0 Å². The number of aliphatic hydroxyl groups is 1. The summed E-state index contributed by atoms with van der Waals surface area (Å²) in [5, 5.41) is 19.8. The van der Waals surface area contributed by atoms with Crippen LogP contribution < -0.4 is 5.73 Å². The highest BCUT2D eigenvalue weighted by Gasteiger charge is 2.22. The summed E-state index contributed by atoms with van der Waals surface area (Å²) in [5.41, 5.74) is 8.55. The fourth-order valence-corrected chi connectivity index (χ4v) is 1.97. The van der Waals surface area contributed by atoms with Crippen LogP contribution in [0.15, 0.2) is 12.1 Å². The third-order valence-electron chi connectivity index (χ3n) is 3.49. The number of benzene rings is 1. The first-order valence-electron chi connectivity index (χ1n) is 6.12. The lowest BCUT2D eigenvalue weighted by Crippen LogP contribution is -2.31. The van der Waals surface area contributed by atoms with Gasteiger partial charge in [-0.15, -0.1) is 0 Å². The molecule has 17 heavy (non-hydrogen) atoms. The fourth-order valence-electron chi connectivity index (χ4n) is 1.97. The van der Waals surface area contributed by atoms with Gasteiger partial charge in [-0.3, -0.25) is 0 Å². The molecule has 0 aromatic heterocycles. The first kappa shape index (κ1) is 14.0. The van der Waals surface area contributed by atoms with Crippen molar-refractivity contribution in [3.63, 3.8) is 0 Å². The molecule has 0 radical (unpaired) electrons. The molecule has 1 aromatic carbocycles. The zero-order valence-electron chi connectivity index (χ0n) is 11.1. The van der Waals surface area contributed by atoms with Crippen LogP contribution in [0.1, 0.15) is 43.0 Å². The lowest BCUT2D eigenvalue weighted by atomic mass is 9.90.